The van der Waals surface area contributed by atoms with Gasteiger partial charge < -0.3 is 14.6 Å². The van der Waals surface area contributed by atoms with Crippen LogP contribution in [0.2, 0.25) is 0 Å². The predicted molar refractivity (Wildman–Crippen MR) is 67.7 cm³/mol. The molecule has 1 aromatic rings. The van der Waals surface area contributed by atoms with Crippen molar-refractivity contribution in [3.8, 4) is 11.5 Å². The number of aliphatic carboxylic acids is 1. The fourth-order valence-corrected chi connectivity index (χ4v) is 2.63. The molecule has 0 atom stereocenters. The summed E-state index contributed by atoms with van der Waals surface area (Å²) in [7, 11) is 2.34. The van der Waals surface area contributed by atoms with Gasteiger partial charge in [-0.15, -0.1) is 0 Å². The van der Waals surface area contributed by atoms with Crippen LogP contribution in [0.25, 0.3) is 0 Å². The lowest BCUT2D eigenvalue weighted by Crippen LogP contribution is -2.42. The Morgan fingerprint density at radius 2 is 1.86 bits per heavy atom. The molecule has 1 aliphatic rings. The summed E-state index contributed by atoms with van der Waals surface area (Å²) < 4.78 is 49.3. The van der Waals surface area contributed by atoms with Gasteiger partial charge in [-0.1, -0.05) is 6.42 Å². The van der Waals surface area contributed by atoms with Gasteiger partial charge in [0, 0.05) is 5.56 Å². The molecule has 0 amide bonds. The number of carbonyl (C=O) groups is 1. The van der Waals surface area contributed by atoms with Crippen LogP contribution in [-0.4, -0.2) is 25.3 Å². The third kappa shape index (κ3) is 2.41. The number of hydrogen-bond donors (Lipinski definition) is 1. The molecule has 1 saturated carbocycles. The second kappa shape index (κ2) is 5.13. The number of carboxylic acid groups (broad SMARTS) is 1. The summed E-state index contributed by atoms with van der Waals surface area (Å²) >= 11 is 0. The Morgan fingerprint density at radius 1 is 1.24 bits per heavy atom. The summed E-state index contributed by atoms with van der Waals surface area (Å²) in [4.78, 5) is 11.6. The Labute approximate surface area is 119 Å². The maximum Gasteiger partial charge on any atom is 0.420 e. The second-order valence-corrected chi connectivity index (χ2v) is 4.99. The molecule has 0 bridgehead atoms. The van der Waals surface area contributed by atoms with Crippen molar-refractivity contribution in [2.24, 2.45) is 0 Å². The van der Waals surface area contributed by atoms with E-state index >= 15 is 0 Å². The molecule has 4 nitrogen and oxygen atoms in total. The van der Waals surface area contributed by atoms with E-state index in [0.29, 0.717) is 6.42 Å². The number of alkyl halides is 3. The molecule has 0 spiro atoms. The van der Waals surface area contributed by atoms with E-state index in [1.165, 1.54) is 13.2 Å². The lowest BCUT2D eigenvalue weighted by atomic mass is 9.64. The molecule has 0 heterocycles. The summed E-state index contributed by atoms with van der Waals surface area (Å²) in [6.45, 7) is 0. The third-order valence-electron chi connectivity index (χ3n) is 3.94. The lowest BCUT2D eigenvalue weighted by molar-refractivity contribution is -0.148. The second-order valence-electron chi connectivity index (χ2n) is 4.99. The topological polar surface area (TPSA) is 55.8 Å². The first-order chi connectivity index (χ1) is 9.76. The van der Waals surface area contributed by atoms with Crippen LogP contribution in [0.4, 0.5) is 13.2 Å². The Balaban J connectivity index is 2.72. The van der Waals surface area contributed by atoms with Crippen LogP contribution >= 0.6 is 0 Å². The minimum atomic E-state index is -4.65. The van der Waals surface area contributed by atoms with Crippen molar-refractivity contribution in [3.05, 3.63) is 23.3 Å². The van der Waals surface area contributed by atoms with Gasteiger partial charge in [-0.25, -0.2) is 0 Å². The van der Waals surface area contributed by atoms with Crippen molar-refractivity contribution in [1.29, 1.82) is 0 Å². The zero-order chi connectivity index (χ0) is 15.8. The first-order valence-corrected chi connectivity index (χ1v) is 6.33. The van der Waals surface area contributed by atoms with Gasteiger partial charge in [-0.3, -0.25) is 4.79 Å². The van der Waals surface area contributed by atoms with E-state index < -0.39 is 28.9 Å². The number of methoxy groups -OCH3 is 2. The van der Waals surface area contributed by atoms with Crippen LogP contribution in [0, 0.1) is 0 Å². The first-order valence-electron chi connectivity index (χ1n) is 6.33. The molecule has 0 unspecified atom stereocenters. The zero-order valence-electron chi connectivity index (χ0n) is 11.6. The van der Waals surface area contributed by atoms with Crippen LogP contribution in [-0.2, 0) is 16.4 Å². The van der Waals surface area contributed by atoms with Crippen molar-refractivity contribution >= 4 is 5.97 Å². The molecule has 116 valence electrons. The highest BCUT2D eigenvalue weighted by Gasteiger charge is 2.50. The molecule has 0 aliphatic heterocycles. The fourth-order valence-electron chi connectivity index (χ4n) is 2.63. The minimum Gasteiger partial charge on any atom is -0.497 e. The summed E-state index contributed by atoms with van der Waals surface area (Å²) in [5.41, 5.74) is -2.33. The quantitative estimate of drug-likeness (QED) is 0.928. The molecular formula is C14H15F3O4. The van der Waals surface area contributed by atoms with E-state index in [1.54, 1.807) is 0 Å². The average molecular weight is 304 g/mol. The van der Waals surface area contributed by atoms with Crippen molar-refractivity contribution < 1.29 is 32.5 Å². The lowest BCUT2D eigenvalue weighted by Gasteiger charge is -2.39. The summed E-state index contributed by atoms with van der Waals surface area (Å²) in [5, 5.41) is 9.44. The monoisotopic (exact) mass is 304 g/mol. The van der Waals surface area contributed by atoms with Crippen LogP contribution in [0.1, 0.15) is 30.4 Å². The number of rotatable bonds is 4. The molecule has 1 aromatic carbocycles. The number of halogens is 3. The minimum absolute atomic E-state index is 0.0235. The molecule has 2 rings (SSSR count). The van der Waals surface area contributed by atoms with Crippen LogP contribution < -0.4 is 9.47 Å². The van der Waals surface area contributed by atoms with E-state index in [9.17, 15) is 23.1 Å². The van der Waals surface area contributed by atoms with Gasteiger partial charge in [-0.2, -0.15) is 13.2 Å². The number of benzene rings is 1. The number of hydrogen-bond acceptors (Lipinski definition) is 3. The van der Waals surface area contributed by atoms with E-state index in [0.717, 1.165) is 13.2 Å². The SMILES string of the molecule is COc1cc(C(F)(F)F)c(OC)c(C2(C(=O)O)CCC2)c1. The highest BCUT2D eigenvalue weighted by Crippen LogP contribution is 2.51. The van der Waals surface area contributed by atoms with Gasteiger partial charge in [0.2, 0.25) is 0 Å². The summed E-state index contributed by atoms with van der Waals surface area (Å²) in [5.74, 6) is -1.62. The normalized spacial score (nSPS) is 17.0. The Hall–Kier alpha value is -1.92. The molecule has 0 radical (unpaired) electrons. The predicted octanol–water partition coefficient (Wildman–Crippen LogP) is 3.23. The van der Waals surface area contributed by atoms with Gasteiger partial charge >= 0.3 is 12.1 Å². The number of ether oxygens (including phenoxy) is 2. The maximum atomic E-state index is 13.2. The highest BCUT2D eigenvalue weighted by molar-refractivity contribution is 5.84. The Kier molecular flexibility index (Phi) is 3.78. The van der Waals surface area contributed by atoms with Gasteiger partial charge in [0.25, 0.3) is 0 Å². The molecule has 1 fully saturated rings. The van der Waals surface area contributed by atoms with E-state index in [2.05, 4.69) is 0 Å². The van der Waals surface area contributed by atoms with E-state index in [4.69, 9.17) is 9.47 Å². The molecule has 1 N–H and O–H groups in total. The van der Waals surface area contributed by atoms with Crippen LogP contribution in [0.3, 0.4) is 0 Å². The van der Waals surface area contributed by atoms with Crippen molar-refractivity contribution in [1.82, 2.24) is 0 Å². The van der Waals surface area contributed by atoms with Crippen molar-refractivity contribution in [2.75, 3.05) is 14.2 Å². The van der Waals surface area contributed by atoms with Crippen LogP contribution in [0.15, 0.2) is 12.1 Å². The van der Waals surface area contributed by atoms with Gasteiger partial charge in [0.15, 0.2) is 0 Å². The standard InChI is InChI=1S/C14H15F3O4/c1-20-8-6-9(13(12(18)19)4-3-5-13)11(21-2)10(7-8)14(15,16)17/h6-7H,3-5H2,1-2H3,(H,18,19). The van der Waals surface area contributed by atoms with Gasteiger partial charge in [-0.05, 0) is 25.0 Å². The Morgan fingerprint density at radius 3 is 2.19 bits per heavy atom. The zero-order valence-corrected chi connectivity index (χ0v) is 11.6. The highest BCUT2D eigenvalue weighted by atomic mass is 19.4. The molecule has 21 heavy (non-hydrogen) atoms. The third-order valence-corrected chi connectivity index (χ3v) is 3.94. The molecule has 0 saturated heterocycles. The maximum absolute atomic E-state index is 13.2. The van der Waals surface area contributed by atoms with Crippen molar-refractivity contribution in [3.63, 3.8) is 0 Å². The molecule has 1 aliphatic carbocycles. The largest absolute Gasteiger partial charge is 0.497 e. The molecule has 7 heteroatoms. The Bertz CT molecular complexity index is 562. The van der Waals surface area contributed by atoms with Crippen LogP contribution in [0.5, 0.6) is 11.5 Å². The summed E-state index contributed by atoms with van der Waals surface area (Å²) in [6.07, 6.45) is -3.45. The molecular weight excluding hydrogens is 289 g/mol. The first kappa shape index (κ1) is 15.5. The smallest absolute Gasteiger partial charge is 0.420 e. The van der Waals surface area contributed by atoms with E-state index in [1.807, 2.05) is 0 Å². The average Bonchev–Trinajstić information content (AvgIpc) is 2.34. The van der Waals surface area contributed by atoms with Gasteiger partial charge in [0.1, 0.15) is 17.1 Å². The van der Waals surface area contributed by atoms with E-state index in [-0.39, 0.29) is 24.2 Å². The van der Waals surface area contributed by atoms with Gasteiger partial charge in [0.05, 0.1) is 19.6 Å². The number of carboxylic acids is 1. The van der Waals surface area contributed by atoms with Crippen molar-refractivity contribution in [2.45, 2.75) is 30.9 Å². The fraction of sp³-hybridized carbons (Fsp3) is 0.500. The summed E-state index contributed by atoms with van der Waals surface area (Å²) in [6, 6.07) is 2.14. The molecule has 0 aromatic heterocycles.